The number of Topliss-reactive ketones (excluding diaryl/α,β-unsaturated/α-hetero) is 1. The fraction of sp³-hybridized carbons (Fsp3) is 0.364. The van der Waals surface area contributed by atoms with Crippen LogP contribution in [0.4, 0.5) is 0 Å². The van der Waals surface area contributed by atoms with Crippen LogP contribution in [0.5, 0.6) is 0 Å². The molecule has 4 rings (SSSR count). The van der Waals surface area contributed by atoms with Gasteiger partial charge in [0.1, 0.15) is 5.65 Å². The van der Waals surface area contributed by atoms with Gasteiger partial charge in [0.05, 0.1) is 5.39 Å². The van der Waals surface area contributed by atoms with Gasteiger partial charge in [0, 0.05) is 32.3 Å². The third-order valence-corrected chi connectivity index (χ3v) is 5.83. The molecular weight excluding hydrogens is 354 g/mol. The molecule has 2 heterocycles. The van der Waals surface area contributed by atoms with Crippen molar-refractivity contribution >= 4 is 16.8 Å². The van der Waals surface area contributed by atoms with Crippen molar-refractivity contribution in [1.82, 2.24) is 14.1 Å². The number of hydrogen-bond acceptors (Lipinski definition) is 4. The fourth-order valence-corrected chi connectivity index (χ4v) is 4.08. The van der Waals surface area contributed by atoms with E-state index in [0.29, 0.717) is 40.9 Å². The van der Waals surface area contributed by atoms with Crippen LogP contribution >= 0.6 is 0 Å². The lowest BCUT2D eigenvalue weighted by Crippen LogP contribution is -2.38. The van der Waals surface area contributed by atoms with Crippen LogP contribution in [0.2, 0.25) is 0 Å². The van der Waals surface area contributed by atoms with E-state index in [9.17, 15) is 14.4 Å². The average Bonchev–Trinajstić information content (AvgIpc) is 2.69. The number of benzene rings is 1. The lowest BCUT2D eigenvalue weighted by Gasteiger charge is -2.25. The molecule has 1 atom stereocenters. The molecule has 0 amide bonds. The zero-order valence-corrected chi connectivity index (χ0v) is 16.5. The van der Waals surface area contributed by atoms with E-state index in [-0.39, 0.29) is 11.7 Å². The number of aryl methyl sites for hydroxylation is 1. The number of carbonyl (C=O) groups excluding carboxylic acids is 1. The van der Waals surface area contributed by atoms with Crippen LogP contribution in [-0.4, -0.2) is 19.9 Å². The molecule has 0 bridgehead atoms. The quantitative estimate of drug-likeness (QED) is 0.688. The normalized spacial score (nSPS) is 16.6. The van der Waals surface area contributed by atoms with Crippen LogP contribution in [0, 0.1) is 0 Å². The number of pyridine rings is 1. The van der Waals surface area contributed by atoms with Crippen molar-refractivity contribution in [3.05, 3.63) is 73.6 Å². The molecular formula is C22H23N3O3. The summed E-state index contributed by atoms with van der Waals surface area (Å²) in [6.07, 6.45) is 2.48. The van der Waals surface area contributed by atoms with Crippen LogP contribution in [-0.2, 0) is 20.5 Å². The summed E-state index contributed by atoms with van der Waals surface area (Å²) in [5, 5.41) is 0.374. The minimum Gasteiger partial charge on any atom is -0.294 e. The lowest BCUT2D eigenvalue weighted by atomic mass is 9.79. The van der Waals surface area contributed by atoms with Gasteiger partial charge in [-0.05, 0) is 34.9 Å². The summed E-state index contributed by atoms with van der Waals surface area (Å²) in [4.78, 5) is 42.2. The Morgan fingerprint density at radius 1 is 1.00 bits per heavy atom. The molecule has 0 saturated carbocycles. The topological polar surface area (TPSA) is 74.0 Å². The van der Waals surface area contributed by atoms with Gasteiger partial charge in [0.2, 0.25) is 0 Å². The van der Waals surface area contributed by atoms with E-state index in [4.69, 9.17) is 0 Å². The summed E-state index contributed by atoms with van der Waals surface area (Å²) in [5.74, 6) is 0.445. The van der Waals surface area contributed by atoms with Crippen molar-refractivity contribution in [3.8, 4) is 0 Å². The van der Waals surface area contributed by atoms with E-state index < -0.39 is 11.2 Å². The molecule has 144 valence electrons. The van der Waals surface area contributed by atoms with E-state index in [1.54, 1.807) is 7.05 Å². The Labute approximate surface area is 162 Å². The molecule has 1 aromatic carbocycles. The third kappa shape index (κ3) is 2.71. The Balaban J connectivity index is 1.89. The van der Waals surface area contributed by atoms with E-state index in [2.05, 4.69) is 43.1 Å². The zero-order chi connectivity index (χ0) is 20.2. The molecule has 1 aliphatic rings. The minimum absolute atomic E-state index is 0.00810. The first-order chi connectivity index (χ1) is 13.3. The highest BCUT2D eigenvalue weighted by Crippen LogP contribution is 2.35. The first-order valence-corrected chi connectivity index (χ1v) is 9.50. The predicted octanol–water partition coefficient (Wildman–Crippen LogP) is 2.67. The van der Waals surface area contributed by atoms with Crippen LogP contribution in [0.25, 0.3) is 11.0 Å². The number of aromatic nitrogens is 3. The van der Waals surface area contributed by atoms with Gasteiger partial charge in [-0.2, -0.15) is 0 Å². The van der Waals surface area contributed by atoms with E-state index in [0.717, 1.165) is 10.1 Å². The molecule has 0 radical (unpaired) electrons. The predicted molar refractivity (Wildman–Crippen MR) is 108 cm³/mol. The lowest BCUT2D eigenvalue weighted by molar-refractivity contribution is 0.0964. The fourth-order valence-electron chi connectivity index (χ4n) is 4.08. The van der Waals surface area contributed by atoms with Crippen LogP contribution in [0.3, 0.4) is 0 Å². The van der Waals surface area contributed by atoms with Gasteiger partial charge in [-0.3, -0.25) is 18.7 Å². The molecule has 0 aliphatic heterocycles. The molecule has 0 unspecified atom stereocenters. The summed E-state index contributed by atoms with van der Waals surface area (Å²) in [7, 11) is 3.05. The summed E-state index contributed by atoms with van der Waals surface area (Å²) in [5.41, 5.74) is 3.06. The third-order valence-electron chi connectivity index (χ3n) is 5.83. The highest BCUT2D eigenvalue weighted by molar-refractivity contribution is 6.02. The summed E-state index contributed by atoms with van der Waals surface area (Å²) >= 11 is 0. The summed E-state index contributed by atoms with van der Waals surface area (Å²) in [6.45, 7) is 4.29. The molecule has 0 saturated heterocycles. The van der Waals surface area contributed by atoms with Gasteiger partial charge in [-0.25, -0.2) is 9.78 Å². The molecule has 6 heteroatoms. The second-order valence-electron chi connectivity index (χ2n) is 7.90. The van der Waals surface area contributed by atoms with Crippen molar-refractivity contribution in [3.63, 3.8) is 0 Å². The van der Waals surface area contributed by atoms with Crippen molar-refractivity contribution < 1.29 is 4.79 Å². The molecule has 3 aromatic rings. The molecule has 0 N–H and O–H groups in total. The van der Waals surface area contributed by atoms with Crippen LogP contribution in [0.15, 0.2) is 40.1 Å². The number of carbonyl (C=O) groups is 1. The standard InChI is InChI=1S/C22H23N3O3/c1-12(2)13-5-7-14(8-6-13)15-9-16-17(18(26)10-15)11-23-20-19(16)21(27)25(4)22(28)24(20)3/h5-8,11-12,15H,9-10H2,1-4H3/t15-/m0/s1. The second kappa shape index (κ2) is 6.55. The number of rotatable bonds is 2. The van der Waals surface area contributed by atoms with Crippen molar-refractivity contribution in [2.75, 3.05) is 0 Å². The second-order valence-corrected chi connectivity index (χ2v) is 7.90. The largest absolute Gasteiger partial charge is 0.332 e. The Morgan fingerprint density at radius 3 is 2.32 bits per heavy atom. The first kappa shape index (κ1) is 18.3. The van der Waals surface area contributed by atoms with Gasteiger partial charge in [0.15, 0.2) is 5.78 Å². The Bertz CT molecular complexity index is 1220. The van der Waals surface area contributed by atoms with Gasteiger partial charge in [0.25, 0.3) is 5.56 Å². The number of nitrogens with zero attached hydrogens (tertiary/aromatic N) is 3. The number of ketones is 1. The van der Waals surface area contributed by atoms with Crippen LogP contribution in [0.1, 0.15) is 59.2 Å². The molecule has 6 nitrogen and oxygen atoms in total. The molecule has 0 fully saturated rings. The van der Waals surface area contributed by atoms with Gasteiger partial charge in [-0.1, -0.05) is 38.1 Å². The van der Waals surface area contributed by atoms with Crippen molar-refractivity contribution in [2.24, 2.45) is 14.1 Å². The van der Waals surface area contributed by atoms with Gasteiger partial charge < -0.3 is 0 Å². The van der Waals surface area contributed by atoms with E-state index in [1.165, 1.54) is 23.4 Å². The molecule has 0 spiro atoms. The summed E-state index contributed by atoms with van der Waals surface area (Å²) < 4.78 is 2.44. The van der Waals surface area contributed by atoms with Gasteiger partial charge in [-0.15, -0.1) is 0 Å². The van der Waals surface area contributed by atoms with Crippen molar-refractivity contribution in [2.45, 2.75) is 38.5 Å². The average molecular weight is 377 g/mol. The monoisotopic (exact) mass is 377 g/mol. The molecule has 1 aliphatic carbocycles. The highest BCUT2D eigenvalue weighted by atomic mass is 16.2. The number of hydrogen-bond donors (Lipinski definition) is 0. The number of fused-ring (bicyclic) bond motifs is 3. The maximum absolute atomic E-state index is 12.8. The first-order valence-electron chi connectivity index (χ1n) is 9.50. The molecule has 28 heavy (non-hydrogen) atoms. The SMILES string of the molecule is CC(C)c1ccc([C@@H]2CC(=O)c3cnc4c(c3C2)c(=O)n(C)c(=O)n4C)cc1. The highest BCUT2D eigenvalue weighted by Gasteiger charge is 2.30. The smallest absolute Gasteiger partial charge is 0.294 e. The Morgan fingerprint density at radius 2 is 1.68 bits per heavy atom. The van der Waals surface area contributed by atoms with Crippen LogP contribution < -0.4 is 11.2 Å². The van der Waals surface area contributed by atoms with E-state index >= 15 is 0 Å². The Kier molecular flexibility index (Phi) is 4.29. The van der Waals surface area contributed by atoms with Gasteiger partial charge >= 0.3 is 5.69 Å². The zero-order valence-electron chi connectivity index (χ0n) is 16.5. The maximum atomic E-state index is 12.8. The molecule has 2 aromatic heterocycles. The summed E-state index contributed by atoms with van der Waals surface area (Å²) in [6, 6.07) is 8.37. The minimum atomic E-state index is -0.423. The maximum Gasteiger partial charge on any atom is 0.332 e. The van der Waals surface area contributed by atoms with E-state index in [1.807, 2.05) is 0 Å². The van der Waals surface area contributed by atoms with Crippen molar-refractivity contribution in [1.29, 1.82) is 0 Å². The Hall–Kier alpha value is -3.02.